The largest absolute Gasteiger partial charge is 0.495 e. The van der Waals surface area contributed by atoms with Crippen molar-refractivity contribution in [2.75, 3.05) is 20.8 Å². The molecule has 144 valence electrons. The first-order chi connectivity index (χ1) is 13.6. The molecule has 3 rings (SSSR count). The predicted molar refractivity (Wildman–Crippen MR) is 109 cm³/mol. The molecule has 0 spiro atoms. The van der Waals surface area contributed by atoms with Gasteiger partial charge in [-0.25, -0.2) is 0 Å². The number of hydrogen-bond donors (Lipinski definition) is 0. The summed E-state index contributed by atoms with van der Waals surface area (Å²) in [5.74, 6) is 4.10. The van der Waals surface area contributed by atoms with Crippen LogP contribution in [-0.4, -0.2) is 31.3 Å². The van der Waals surface area contributed by atoms with E-state index in [-0.39, 0.29) is 13.2 Å². The second-order valence-electron chi connectivity index (χ2n) is 5.93. The summed E-state index contributed by atoms with van der Waals surface area (Å²) in [7, 11) is 3.17. The molecule has 1 aromatic heterocycles. The second kappa shape index (κ2) is 8.63. The minimum absolute atomic E-state index is 0.165. The van der Waals surface area contributed by atoms with Crippen LogP contribution < -0.4 is 19.0 Å². The summed E-state index contributed by atoms with van der Waals surface area (Å²) >= 11 is 1.32. The Morgan fingerprint density at radius 1 is 1.14 bits per heavy atom. The van der Waals surface area contributed by atoms with Gasteiger partial charge in [-0.1, -0.05) is 35.0 Å². The zero-order valence-electron chi connectivity index (χ0n) is 15.9. The van der Waals surface area contributed by atoms with Gasteiger partial charge in [0.05, 0.1) is 20.8 Å². The zero-order valence-corrected chi connectivity index (χ0v) is 16.7. The molecule has 0 aliphatic heterocycles. The van der Waals surface area contributed by atoms with E-state index in [4.69, 9.17) is 20.6 Å². The zero-order chi connectivity index (χ0) is 20.1. The molecule has 0 fully saturated rings. The molecule has 1 heterocycles. The lowest BCUT2D eigenvalue weighted by Gasteiger charge is -2.08. The number of aryl methyl sites for hydroxylation is 1. The monoisotopic (exact) mass is 396 g/mol. The van der Waals surface area contributed by atoms with E-state index in [1.165, 1.54) is 11.3 Å². The smallest absolute Gasteiger partial charge is 0.286 e. The maximum atomic E-state index is 12.4. The standard InChI is InChI=1S/C21H20N2O4S/c1-5-12-23-19-16(25-3)10-11-17(26-4)20(19)28-21(23)22-18(24)13-27-15-8-6-14(2)7-9-15/h1,6-11H,12-13H2,2-4H3. The lowest BCUT2D eigenvalue weighted by molar-refractivity contribution is -0.120. The average Bonchev–Trinajstić information content (AvgIpc) is 3.05. The molecule has 0 aliphatic carbocycles. The van der Waals surface area contributed by atoms with Crippen LogP contribution in [0.25, 0.3) is 10.2 Å². The summed E-state index contributed by atoms with van der Waals surface area (Å²) < 4.78 is 19.0. The Balaban J connectivity index is 1.98. The number of benzene rings is 2. The van der Waals surface area contributed by atoms with Crippen molar-refractivity contribution in [3.8, 4) is 29.6 Å². The molecular formula is C21H20N2O4S. The summed E-state index contributed by atoms with van der Waals surface area (Å²) in [6.45, 7) is 2.06. The number of thiazole rings is 1. The highest BCUT2D eigenvalue weighted by Gasteiger charge is 2.16. The highest BCUT2D eigenvalue weighted by molar-refractivity contribution is 7.16. The molecule has 0 atom stereocenters. The second-order valence-corrected chi connectivity index (χ2v) is 6.91. The topological polar surface area (TPSA) is 62.1 Å². The molecule has 0 saturated carbocycles. The van der Waals surface area contributed by atoms with Gasteiger partial charge in [0.15, 0.2) is 11.4 Å². The third kappa shape index (κ3) is 4.02. The Bertz CT molecular complexity index is 1100. The van der Waals surface area contributed by atoms with Gasteiger partial charge in [0.2, 0.25) is 0 Å². The first-order valence-electron chi connectivity index (χ1n) is 8.52. The molecule has 0 aliphatic rings. The molecule has 0 radical (unpaired) electrons. The molecule has 28 heavy (non-hydrogen) atoms. The van der Waals surface area contributed by atoms with E-state index in [0.717, 1.165) is 15.8 Å². The number of fused-ring (bicyclic) bond motifs is 1. The number of carbonyl (C=O) groups is 1. The molecule has 2 aromatic carbocycles. The molecule has 3 aromatic rings. The van der Waals surface area contributed by atoms with Gasteiger partial charge in [-0.2, -0.15) is 4.99 Å². The highest BCUT2D eigenvalue weighted by atomic mass is 32.1. The third-order valence-corrected chi connectivity index (χ3v) is 5.14. The maximum Gasteiger partial charge on any atom is 0.286 e. The van der Waals surface area contributed by atoms with Crippen LogP contribution in [0.5, 0.6) is 17.2 Å². The van der Waals surface area contributed by atoms with Crippen LogP contribution in [-0.2, 0) is 11.3 Å². The average molecular weight is 396 g/mol. The van der Waals surface area contributed by atoms with Gasteiger partial charge in [-0.15, -0.1) is 6.42 Å². The van der Waals surface area contributed by atoms with Crippen LogP contribution >= 0.6 is 11.3 Å². The van der Waals surface area contributed by atoms with Crippen LogP contribution in [0.1, 0.15) is 5.56 Å². The molecule has 6 nitrogen and oxygen atoms in total. The first kappa shape index (κ1) is 19.5. The third-order valence-electron chi connectivity index (χ3n) is 4.05. The molecule has 1 amide bonds. The van der Waals surface area contributed by atoms with Crippen molar-refractivity contribution >= 4 is 27.5 Å². The number of hydrogen-bond acceptors (Lipinski definition) is 5. The fourth-order valence-corrected chi connectivity index (χ4v) is 3.85. The van der Waals surface area contributed by atoms with E-state index < -0.39 is 5.91 Å². The van der Waals surface area contributed by atoms with Crippen molar-refractivity contribution in [2.45, 2.75) is 13.5 Å². The Hall–Kier alpha value is -3.24. The van der Waals surface area contributed by atoms with Gasteiger partial charge in [-0.05, 0) is 31.2 Å². The van der Waals surface area contributed by atoms with E-state index in [1.54, 1.807) is 24.9 Å². The van der Waals surface area contributed by atoms with Crippen LogP contribution in [0.15, 0.2) is 41.4 Å². The van der Waals surface area contributed by atoms with Gasteiger partial charge in [-0.3, -0.25) is 4.79 Å². The van der Waals surface area contributed by atoms with E-state index in [1.807, 2.05) is 37.3 Å². The van der Waals surface area contributed by atoms with E-state index in [0.29, 0.717) is 22.0 Å². The number of methoxy groups -OCH3 is 2. The van der Waals surface area contributed by atoms with Crippen molar-refractivity contribution in [3.05, 3.63) is 46.8 Å². The van der Waals surface area contributed by atoms with Crippen LogP contribution in [0.3, 0.4) is 0 Å². The number of terminal acetylenes is 1. The van der Waals surface area contributed by atoms with E-state index >= 15 is 0 Å². The minimum Gasteiger partial charge on any atom is -0.495 e. The Morgan fingerprint density at radius 2 is 1.82 bits per heavy atom. The Labute approximate surface area is 167 Å². The lowest BCUT2D eigenvalue weighted by Crippen LogP contribution is -2.19. The van der Waals surface area contributed by atoms with Crippen LogP contribution in [0.4, 0.5) is 0 Å². The fourth-order valence-electron chi connectivity index (χ4n) is 2.70. The molecule has 0 unspecified atom stereocenters. The lowest BCUT2D eigenvalue weighted by atomic mass is 10.2. The summed E-state index contributed by atoms with van der Waals surface area (Å²) in [4.78, 5) is 17.1. The summed E-state index contributed by atoms with van der Waals surface area (Å²) in [6.07, 6.45) is 5.53. The van der Waals surface area contributed by atoms with Crippen molar-refractivity contribution < 1.29 is 19.0 Å². The summed E-state index contributed by atoms with van der Waals surface area (Å²) in [6, 6.07) is 11.1. The number of rotatable bonds is 6. The quantitative estimate of drug-likeness (QED) is 0.601. The summed E-state index contributed by atoms with van der Waals surface area (Å²) in [5.41, 5.74) is 1.86. The molecule has 0 N–H and O–H groups in total. The van der Waals surface area contributed by atoms with Gasteiger partial charge in [0.1, 0.15) is 27.5 Å². The van der Waals surface area contributed by atoms with E-state index in [9.17, 15) is 4.79 Å². The van der Waals surface area contributed by atoms with E-state index in [2.05, 4.69) is 10.9 Å². The SMILES string of the molecule is C#CCn1c(=NC(=O)COc2ccc(C)cc2)sc2c(OC)ccc(OC)c21. The number of nitrogens with zero attached hydrogens (tertiary/aromatic N) is 2. The van der Waals surface area contributed by atoms with Crippen molar-refractivity contribution in [2.24, 2.45) is 4.99 Å². The van der Waals surface area contributed by atoms with Crippen LogP contribution in [0.2, 0.25) is 0 Å². The normalized spacial score (nSPS) is 11.3. The van der Waals surface area contributed by atoms with Gasteiger partial charge in [0, 0.05) is 0 Å². The minimum atomic E-state index is -0.407. The molecule has 7 heteroatoms. The fraction of sp³-hybridized carbons (Fsp3) is 0.238. The van der Waals surface area contributed by atoms with Crippen molar-refractivity contribution in [1.82, 2.24) is 4.57 Å². The maximum absolute atomic E-state index is 12.4. The number of amides is 1. The van der Waals surface area contributed by atoms with Gasteiger partial charge >= 0.3 is 0 Å². The van der Waals surface area contributed by atoms with Gasteiger partial charge in [0.25, 0.3) is 5.91 Å². The Morgan fingerprint density at radius 3 is 2.46 bits per heavy atom. The highest BCUT2D eigenvalue weighted by Crippen LogP contribution is 2.35. The molecule has 0 bridgehead atoms. The van der Waals surface area contributed by atoms with Crippen LogP contribution in [0, 0.1) is 19.3 Å². The Kier molecular flexibility index (Phi) is 6.02. The number of aromatic nitrogens is 1. The number of ether oxygens (including phenoxy) is 3. The molecular weight excluding hydrogens is 376 g/mol. The predicted octanol–water partition coefficient (Wildman–Crippen LogP) is 3.17. The number of carbonyl (C=O) groups excluding carboxylic acids is 1. The van der Waals surface area contributed by atoms with Crippen molar-refractivity contribution in [1.29, 1.82) is 0 Å². The van der Waals surface area contributed by atoms with Crippen molar-refractivity contribution in [3.63, 3.8) is 0 Å². The van der Waals surface area contributed by atoms with Gasteiger partial charge < -0.3 is 18.8 Å². The first-order valence-corrected chi connectivity index (χ1v) is 9.33. The summed E-state index contributed by atoms with van der Waals surface area (Å²) in [5, 5.41) is 0. The molecule has 0 saturated heterocycles.